The summed E-state index contributed by atoms with van der Waals surface area (Å²) in [5.74, 6) is -3.33. The number of ether oxygens (including phenoxy) is 2. The molecule has 0 unspecified atom stereocenters. The van der Waals surface area contributed by atoms with Gasteiger partial charge in [0, 0.05) is 11.1 Å². The summed E-state index contributed by atoms with van der Waals surface area (Å²) in [6.45, 7) is -0.692. The fourth-order valence-corrected chi connectivity index (χ4v) is 3.40. The summed E-state index contributed by atoms with van der Waals surface area (Å²) in [5.41, 5.74) is -5.91. The number of halogens is 6. The minimum Gasteiger partial charge on any atom is -0.493 e. The second-order valence-electron chi connectivity index (χ2n) is 7.25. The van der Waals surface area contributed by atoms with Gasteiger partial charge >= 0.3 is 18.4 Å². The number of amides is 4. The van der Waals surface area contributed by atoms with Crippen molar-refractivity contribution in [1.29, 1.82) is 0 Å². The third-order valence-electron chi connectivity index (χ3n) is 5.10. The summed E-state index contributed by atoms with van der Waals surface area (Å²) >= 11 is 0. The number of alkyl halides is 6. The van der Waals surface area contributed by atoms with E-state index in [1.807, 2.05) is 0 Å². The number of hydrogen-bond donors (Lipinski definition) is 2. The fourth-order valence-electron chi connectivity index (χ4n) is 3.40. The number of nitrogens with one attached hydrogen (secondary N) is 2. The molecule has 1 heterocycles. The number of para-hydroxylation sites is 1. The summed E-state index contributed by atoms with van der Waals surface area (Å²) in [7, 11) is 2.54. The fraction of sp³-hybridized carbons (Fsp3) is 0.286. The highest BCUT2D eigenvalue weighted by atomic mass is 19.4. The number of carbonyl (C=O) groups is 3. The number of imide groups is 1. The monoisotopic (exact) mass is 505 g/mol. The maximum Gasteiger partial charge on any atom is 0.440 e. The van der Waals surface area contributed by atoms with Crippen molar-refractivity contribution in [3.63, 3.8) is 0 Å². The molecule has 14 heteroatoms. The zero-order valence-electron chi connectivity index (χ0n) is 18.0. The first-order chi connectivity index (χ1) is 16.2. The van der Waals surface area contributed by atoms with Crippen molar-refractivity contribution in [1.82, 2.24) is 15.5 Å². The molecule has 188 valence electrons. The Labute approximate surface area is 193 Å². The van der Waals surface area contributed by atoms with Crippen LogP contribution in [0.25, 0.3) is 0 Å². The van der Waals surface area contributed by atoms with Gasteiger partial charge in [-0.15, -0.1) is 0 Å². The lowest BCUT2D eigenvalue weighted by molar-refractivity contribution is -0.200. The number of hydrogen-bond acceptors (Lipinski definition) is 5. The molecule has 1 aliphatic rings. The first-order valence-corrected chi connectivity index (χ1v) is 9.65. The van der Waals surface area contributed by atoms with Gasteiger partial charge in [-0.25, -0.2) is 4.79 Å². The van der Waals surface area contributed by atoms with Gasteiger partial charge in [-0.1, -0.05) is 18.2 Å². The second kappa shape index (κ2) is 9.00. The van der Waals surface area contributed by atoms with Crippen molar-refractivity contribution in [3.05, 3.63) is 59.2 Å². The molecule has 0 spiro atoms. The molecule has 0 aliphatic carbocycles. The van der Waals surface area contributed by atoms with Gasteiger partial charge in [-0.05, 0) is 24.3 Å². The number of rotatable bonds is 6. The van der Waals surface area contributed by atoms with Crippen LogP contribution in [0.5, 0.6) is 11.5 Å². The van der Waals surface area contributed by atoms with Crippen LogP contribution in [0, 0.1) is 0 Å². The van der Waals surface area contributed by atoms with Crippen LogP contribution >= 0.6 is 0 Å². The number of nitrogens with zero attached hydrogens (tertiary/aromatic N) is 1. The molecule has 2 aromatic rings. The Balaban J connectivity index is 1.96. The highest BCUT2D eigenvalue weighted by molar-refractivity contribution is 6.10. The standard InChI is InChI=1S/C21H17F6N3O5/c1-34-14-8-4-6-12(15(14)35-2)10-30-17(32)19(21(25,26)27,29-18(30)33)28-16(31)11-5-3-7-13(9-11)20(22,23)24/h3-9H,10H2,1-2H3,(H,28,31)(H,29,33)/t19-/m0/s1. The predicted octanol–water partition coefficient (Wildman–Crippen LogP) is 3.46. The third-order valence-corrected chi connectivity index (χ3v) is 5.10. The first-order valence-electron chi connectivity index (χ1n) is 9.65. The van der Waals surface area contributed by atoms with Crippen molar-refractivity contribution in [2.24, 2.45) is 0 Å². The molecule has 0 radical (unpaired) electrons. The molecule has 0 saturated carbocycles. The van der Waals surface area contributed by atoms with Crippen molar-refractivity contribution < 1.29 is 50.2 Å². The van der Waals surface area contributed by atoms with Gasteiger partial charge in [0.2, 0.25) is 0 Å². The Morgan fingerprint density at radius 2 is 1.69 bits per heavy atom. The van der Waals surface area contributed by atoms with Crippen molar-refractivity contribution in [2.75, 3.05) is 14.2 Å². The van der Waals surface area contributed by atoms with E-state index in [9.17, 15) is 40.7 Å². The number of methoxy groups -OCH3 is 2. The normalized spacial score (nSPS) is 18.3. The van der Waals surface area contributed by atoms with Gasteiger partial charge in [0.1, 0.15) is 0 Å². The molecule has 1 aliphatic heterocycles. The molecular weight excluding hydrogens is 488 g/mol. The lowest BCUT2D eigenvalue weighted by atomic mass is 10.1. The maximum absolute atomic E-state index is 14.1. The molecule has 3 rings (SSSR count). The first kappa shape index (κ1) is 25.6. The van der Waals surface area contributed by atoms with Crippen LogP contribution < -0.4 is 20.1 Å². The maximum atomic E-state index is 14.1. The average Bonchev–Trinajstić information content (AvgIpc) is 3.03. The smallest absolute Gasteiger partial charge is 0.440 e. The topological polar surface area (TPSA) is 97.0 Å². The Bertz CT molecular complexity index is 1170. The van der Waals surface area contributed by atoms with E-state index in [0.717, 1.165) is 12.1 Å². The molecular formula is C21H17F6N3O5. The van der Waals surface area contributed by atoms with Crippen molar-refractivity contribution in [2.45, 2.75) is 24.6 Å². The summed E-state index contributed by atoms with van der Waals surface area (Å²) in [5, 5.41) is 2.79. The number of urea groups is 1. The largest absolute Gasteiger partial charge is 0.493 e. The molecule has 35 heavy (non-hydrogen) atoms. The average molecular weight is 505 g/mol. The van der Waals surface area contributed by atoms with E-state index < -0.39 is 53.5 Å². The van der Waals surface area contributed by atoms with E-state index in [-0.39, 0.29) is 22.0 Å². The van der Waals surface area contributed by atoms with Crippen LogP contribution in [0.2, 0.25) is 0 Å². The molecule has 8 nitrogen and oxygen atoms in total. The highest BCUT2D eigenvalue weighted by Crippen LogP contribution is 2.37. The predicted molar refractivity (Wildman–Crippen MR) is 106 cm³/mol. The van der Waals surface area contributed by atoms with Gasteiger partial charge in [0.15, 0.2) is 11.5 Å². The molecule has 2 N–H and O–H groups in total. The van der Waals surface area contributed by atoms with E-state index in [2.05, 4.69) is 0 Å². The molecule has 1 fully saturated rings. The summed E-state index contributed by atoms with van der Waals surface area (Å²) in [4.78, 5) is 38.0. The molecule has 4 amide bonds. The number of benzene rings is 2. The van der Waals surface area contributed by atoms with E-state index in [4.69, 9.17) is 9.47 Å². The summed E-state index contributed by atoms with van der Waals surface area (Å²) in [6.07, 6.45) is -10.4. The third kappa shape index (κ3) is 4.68. The second-order valence-corrected chi connectivity index (χ2v) is 7.25. The van der Waals surface area contributed by atoms with Crippen LogP contribution in [0.4, 0.5) is 31.1 Å². The SMILES string of the molecule is COc1cccc(CN2C(=O)N[C@](NC(=O)c3cccc(C(F)(F)F)c3)(C(F)(F)F)C2=O)c1OC. The Kier molecular flexibility index (Phi) is 6.59. The lowest BCUT2D eigenvalue weighted by Crippen LogP contribution is -2.69. The molecule has 0 aromatic heterocycles. The van der Waals surface area contributed by atoms with Gasteiger partial charge in [0.05, 0.1) is 26.3 Å². The quantitative estimate of drug-likeness (QED) is 0.463. The zero-order chi connectivity index (χ0) is 26.2. The summed E-state index contributed by atoms with van der Waals surface area (Å²) in [6, 6.07) is 5.37. The van der Waals surface area contributed by atoms with E-state index in [0.29, 0.717) is 12.1 Å². The molecule has 2 aromatic carbocycles. The van der Waals surface area contributed by atoms with Gasteiger partial charge < -0.3 is 14.8 Å². The minimum absolute atomic E-state index is 0.0492. The van der Waals surface area contributed by atoms with E-state index in [1.54, 1.807) is 0 Å². The highest BCUT2D eigenvalue weighted by Gasteiger charge is 2.68. The number of carbonyl (C=O) groups excluding carboxylic acids is 3. The Morgan fingerprint density at radius 1 is 1.03 bits per heavy atom. The van der Waals surface area contributed by atoms with Crippen LogP contribution in [0.15, 0.2) is 42.5 Å². The molecule has 0 bridgehead atoms. The van der Waals surface area contributed by atoms with E-state index >= 15 is 0 Å². The van der Waals surface area contributed by atoms with Crippen LogP contribution in [0.3, 0.4) is 0 Å². The van der Waals surface area contributed by atoms with Crippen LogP contribution in [-0.2, 0) is 17.5 Å². The lowest BCUT2D eigenvalue weighted by Gasteiger charge is -2.30. The Morgan fingerprint density at radius 3 is 2.26 bits per heavy atom. The van der Waals surface area contributed by atoms with E-state index in [1.165, 1.54) is 43.1 Å². The van der Waals surface area contributed by atoms with Gasteiger partial charge in [0.25, 0.3) is 17.5 Å². The molecule has 1 saturated heterocycles. The van der Waals surface area contributed by atoms with Crippen molar-refractivity contribution >= 4 is 17.8 Å². The van der Waals surface area contributed by atoms with Crippen LogP contribution in [-0.4, -0.2) is 48.8 Å². The molecule has 1 atom stereocenters. The van der Waals surface area contributed by atoms with Crippen LogP contribution in [0.1, 0.15) is 21.5 Å². The zero-order valence-corrected chi connectivity index (χ0v) is 18.0. The van der Waals surface area contributed by atoms with Crippen molar-refractivity contribution in [3.8, 4) is 11.5 Å². The Hall–Kier alpha value is -3.97. The van der Waals surface area contributed by atoms with Gasteiger partial charge in [-0.3, -0.25) is 19.8 Å². The minimum atomic E-state index is -5.55. The summed E-state index contributed by atoms with van der Waals surface area (Å²) < 4.78 is 91.2. The van der Waals surface area contributed by atoms with Gasteiger partial charge in [-0.2, -0.15) is 26.3 Å².